The molecule has 7 nitrogen and oxygen atoms in total. The molecule has 0 saturated heterocycles. The van der Waals surface area contributed by atoms with E-state index in [0.717, 1.165) is 57.4 Å². The number of nitrogens with zero attached hydrogens (tertiary/aromatic N) is 6. The molecule has 0 radical (unpaired) electrons. The SMILES string of the molecule is CCN(CC)CCc1nnc(Nc2nc3c(s2)c(C)nn3C)s1. The van der Waals surface area contributed by atoms with Crippen LogP contribution in [0.2, 0.25) is 0 Å². The normalized spacial score (nSPS) is 11.7. The summed E-state index contributed by atoms with van der Waals surface area (Å²) in [6, 6.07) is 0. The van der Waals surface area contributed by atoms with Crippen LogP contribution in [0.4, 0.5) is 10.3 Å². The van der Waals surface area contributed by atoms with Crippen LogP contribution in [0.3, 0.4) is 0 Å². The Labute approximate surface area is 143 Å². The molecular weight excluding hydrogens is 330 g/mol. The van der Waals surface area contributed by atoms with Crippen LogP contribution in [-0.2, 0) is 13.5 Å². The van der Waals surface area contributed by atoms with Gasteiger partial charge in [0.2, 0.25) is 5.13 Å². The number of hydrogen-bond donors (Lipinski definition) is 1. The van der Waals surface area contributed by atoms with Crippen molar-refractivity contribution in [3.05, 3.63) is 10.7 Å². The fourth-order valence-electron chi connectivity index (χ4n) is 2.43. The molecule has 0 fully saturated rings. The summed E-state index contributed by atoms with van der Waals surface area (Å²) in [6.45, 7) is 9.52. The Hall–Kier alpha value is -1.58. The van der Waals surface area contributed by atoms with Gasteiger partial charge in [0.25, 0.3) is 0 Å². The molecule has 0 aromatic carbocycles. The molecule has 23 heavy (non-hydrogen) atoms. The zero-order valence-electron chi connectivity index (χ0n) is 13.8. The summed E-state index contributed by atoms with van der Waals surface area (Å²) in [7, 11) is 1.91. The van der Waals surface area contributed by atoms with Crippen LogP contribution in [0.15, 0.2) is 0 Å². The number of aryl methyl sites for hydroxylation is 2. The quantitative estimate of drug-likeness (QED) is 0.706. The molecule has 0 aliphatic rings. The molecule has 0 saturated carbocycles. The highest BCUT2D eigenvalue weighted by Crippen LogP contribution is 2.31. The molecule has 0 spiro atoms. The lowest BCUT2D eigenvalue weighted by atomic mass is 10.4. The molecule has 0 bridgehead atoms. The van der Waals surface area contributed by atoms with Crippen LogP contribution >= 0.6 is 22.7 Å². The van der Waals surface area contributed by atoms with Gasteiger partial charge in [-0.3, -0.25) is 0 Å². The van der Waals surface area contributed by atoms with Crippen LogP contribution in [0.25, 0.3) is 10.3 Å². The van der Waals surface area contributed by atoms with Crippen LogP contribution in [0, 0.1) is 6.92 Å². The fourth-order valence-corrected chi connectivity index (χ4v) is 4.15. The number of anilines is 2. The van der Waals surface area contributed by atoms with E-state index in [1.54, 1.807) is 22.7 Å². The van der Waals surface area contributed by atoms with Crippen molar-refractivity contribution in [3.63, 3.8) is 0 Å². The van der Waals surface area contributed by atoms with Gasteiger partial charge < -0.3 is 10.2 Å². The summed E-state index contributed by atoms with van der Waals surface area (Å²) in [6.07, 6.45) is 0.934. The molecule has 3 aromatic rings. The van der Waals surface area contributed by atoms with Crippen molar-refractivity contribution in [3.8, 4) is 0 Å². The minimum atomic E-state index is 0.796. The van der Waals surface area contributed by atoms with Gasteiger partial charge in [0, 0.05) is 20.0 Å². The number of fused-ring (bicyclic) bond motifs is 1. The maximum Gasteiger partial charge on any atom is 0.211 e. The van der Waals surface area contributed by atoms with E-state index in [1.807, 2.05) is 18.7 Å². The Morgan fingerprint density at radius 3 is 2.61 bits per heavy atom. The first-order valence-corrected chi connectivity index (χ1v) is 9.35. The average molecular weight is 352 g/mol. The summed E-state index contributed by atoms with van der Waals surface area (Å²) in [5.41, 5.74) is 1.91. The average Bonchev–Trinajstić information content (AvgIpc) is 3.21. The van der Waals surface area contributed by atoms with Crippen molar-refractivity contribution in [1.29, 1.82) is 0 Å². The van der Waals surface area contributed by atoms with Gasteiger partial charge in [-0.2, -0.15) is 5.10 Å². The van der Waals surface area contributed by atoms with Crippen molar-refractivity contribution >= 4 is 43.3 Å². The summed E-state index contributed by atoms with van der Waals surface area (Å²) in [5.74, 6) is 0. The largest absolute Gasteiger partial charge is 0.306 e. The second-order valence-corrected chi connectivity index (χ2v) is 7.34. The minimum Gasteiger partial charge on any atom is -0.306 e. The highest BCUT2D eigenvalue weighted by atomic mass is 32.1. The third-order valence-electron chi connectivity index (χ3n) is 3.76. The molecule has 3 aromatic heterocycles. The van der Waals surface area contributed by atoms with E-state index in [0.29, 0.717) is 0 Å². The zero-order valence-corrected chi connectivity index (χ0v) is 15.5. The number of likely N-dealkylation sites (N-methyl/N-ethyl adjacent to an activating group) is 1. The van der Waals surface area contributed by atoms with E-state index in [1.165, 1.54) is 0 Å². The van der Waals surface area contributed by atoms with E-state index >= 15 is 0 Å². The van der Waals surface area contributed by atoms with Crippen LogP contribution < -0.4 is 5.32 Å². The number of thiazole rings is 1. The second-order valence-electron chi connectivity index (χ2n) is 5.28. The Kier molecular flexibility index (Phi) is 4.88. The molecule has 3 heterocycles. The predicted octanol–water partition coefficient (Wildman–Crippen LogP) is 2.82. The Morgan fingerprint density at radius 2 is 1.91 bits per heavy atom. The van der Waals surface area contributed by atoms with E-state index in [-0.39, 0.29) is 0 Å². The van der Waals surface area contributed by atoms with Gasteiger partial charge in [-0.05, 0) is 20.0 Å². The highest BCUT2D eigenvalue weighted by molar-refractivity contribution is 7.22. The van der Waals surface area contributed by atoms with Gasteiger partial charge >= 0.3 is 0 Å². The second kappa shape index (κ2) is 6.90. The Morgan fingerprint density at radius 1 is 1.13 bits per heavy atom. The van der Waals surface area contributed by atoms with Gasteiger partial charge in [0.05, 0.1) is 10.4 Å². The molecule has 0 unspecified atom stereocenters. The van der Waals surface area contributed by atoms with Crippen molar-refractivity contribution in [2.24, 2.45) is 7.05 Å². The summed E-state index contributed by atoms with van der Waals surface area (Å²) in [4.78, 5) is 6.96. The number of rotatable bonds is 7. The fraction of sp³-hybridized carbons (Fsp3) is 0.571. The van der Waals surface area contributed by atoms with Crippen LogP contribution in [-0.4, -0.2) is 49.5 Å². The Bertz CT molecular complexity index is 750. The van der Waals surface area contributed by atoms with Gasteiger partial charge in [0.15, 0.2) is 10.8 Å². The molecule has 0 aliphatic heterocycles. The van der Waals surface area contributed by atoms with Gasteiger partial charge in [-0.1, -0.05) is 36.5 Å². The highest BCUT2D eigenvalue weighted by Gasteiger charge is 2.13. The third kappa shape index (κ3) is 3.51. The van der Waals surface area contributed by atoms with Gasteiger partial charge in [-0.15, -0.1) is 10.2 Å². The van der Waals surface area contributed by atoms with Crippen LogP contribution in [0.1, 0.15) is 24.5 Å². The lowest BCUT2D eigenvalue weighted by Crippen LogP contribution is -2.25. The summed E-state index contributed by atoms with van der Waals surface area (Å²) >= 11 is 3.20. The van der Waals surface area contributed by atoms with Crippen molar-refractivity contribution in [2.75, 3.05) is 25.0 Å². The zero-order chi connectivity index (χ0) is 16.4. The first-order valence-electron chi connectivity index (χ1n) is 7.72. The molecule has 3 rings (SSSR count). The topological polar surface area (TPSA) is 71.8 Å². The molecule has 124 valence electrons. The predicted molar refractivity (Wildman–Crippen MR) is 95.8 cm³/mol. The van der Waals surface area contributed by atoms with Crippen molar-refractivity contribution in [2.45, 2.75) is 27.2 Å². The van der Waals surface area contributed by atoms with Crippen molar-refractivity contribution in [1.82, 2.24) is 29.9 Å². The molecule has 1 N–H and O–H groups in total. The number of nitrogens with one attached hydrogen (secondary N) is 1. The van der Waals surface area contributed by atoms with E-state index < -0.39 is 0 Å². The van der Waals surface area contributed by atoms with E-state index in [4.69, 9.17) is 0 Å². The maximum absolute atomic E-state index is 4.58. The van der Waals surface area contributed by atoms with Crippen molar-refractivity contribution < 1.29 is 0 Å². The standard InChI is InChI=1S/C14H21N7S2/c1-5-21(6-2)8-7-10-17-18-14(22-10)16-13-15-12-11(23-13)9(3)19-20(12)4/h5-8H2,1-4H3,(H,15,16,18). The number of hydrogen-bond acceptors (Lipinski definition) is 8. The molecular formula is C14H21N7S2. The summed E-state index contributed by atoms with van der Waals surface area (Å²) < 4.78 is 2.92. The van der Waals surface area contributed by atoms with E-state index in [9.17, 15) is 0 Å². The van der Waals surface area contributed by atoms with Gasteiger partial charge in [-0.25, -0.2) is 9.67 Å². The summed E-state index contributed by atoms with van der Waals surface area (Å²) in [5, 5.41) is 18.8. The maximum atomic E-state index is 4.58. The first kappa shape index (κ1) is 16.3. The molecule has 0 aliphatic carbocycles. The van der Waals surface area contributed by atoms with Gasteiger partial charge in [0.1, 0.15) is 5.01 Å². The third-order valence-corrected chi connectivity index (χ3v) is 5.73. The smallest absolute Gasteiger partial charge is 0.211 e. The monoisotopic (exact) mass is 351 g/mol. The lowest BCUT2D eigenvalue weighted by molar-refractivity contribution is 0.307. The number of aromatic nitrogens is 5. The Balaban J connectivity index is 1.67. The minimum absolute atomic E-state index is 0.796. The first-order chi connectivity index (χ1) is 11.1. The molecule has 9 heteroatoms. The molecule has 0 amide bonds. The molecule has 0 atom stereocenters. The lowest BCUT2D eigenvalue weighted by Gasteiger charge is -2.16. The van der Waals surface area contributed by atoms with Crippen LogP contribution in [0.5, 0.6) is 0 Å². The van der Waals surface area contributed by atoms with E-state index in [2.05, 4.69) is 44.3 Å².